The SMILES string of the molecule is C#CC[C@]1(O)CCOC[C@H]1N1CCc2ccccc21. The Labute approximate surface area is 114 Å². The second-order valence-electron chi connectivity index (χ2n) is 5.40. The molecule has 0 aromatic heterocycles. The highest BCUT2D eigenvalue weighted by molar-refractivity contribution is 5.59. The van der Waals surface area contributed by atoms with Crippen LogP contribution in [0, 0.1) is 12.3 Å². The van der Waals surface area contributed by atoms with Crippen molar-refractivity contribution in [2.24, 2.45) is 0 Å². The zero-order chi connectivity index (χ0) is 13.3. The van der Waals surface area contributed by atoms with Crippen LogP contribution in [0.5, 0.6) is 0 Å². The molecular formula is C16H19NO2. The third-order valence-electron chi connectivity index (χ3n) is 4.28. The number of hydrogen-bond acceptors (Lipinski definition) is 3. The Morgan fingerprint density at radius 2 is 2.32 bits per heavy atom. The topological polar surface area (TPSA) is 32.7 Å². The number of rotatable bonds is 2. The molecule has 1 aromatic carbocycles. The van der Waals surface area contributed by atoms with Gasteiger partial charge in [0, 0.05) is 31.7 Å². The Hall–Kier alpha value is -1.50. The van der Waals surface area contributed by atoms with E-state index in [1.165, 1.54) is 11.3 Å². The Morgan fingerprint density at radius 1 is 1.47 bits per heavy atom. The van der Waals surface area contributed by atoms with Crippen molar-refractivity contribution in [2.45, 2.75) is 30.9 Å². The Bertz CT molecular complexity index is 508. The maximum Gasteiger partial charge on any atom is 0.100 e. The van der Waals surface area contributed by atoms with Crippen molar-refractivity contribution in [1.82, 2.24) is 0 Å². The number of para-hydroxylation sites is 1. The molecular weight excluding hydrogens is 238 g/mol. The first kappa shape index (κ1) is 12.5. The Kier molecular flexibility index (Phi) is 3.22. The molecule has 2 aliphatic heterocycles. The summed E-state index contributed by atoms with van der Waals surface area (Å²) in [5, 5.41) is 10.9. The van der Waals surface area contributed by atoms with Crippen LogP contribution in [0.15, 0.2) is 24.3 Å². The van der Waals surface area contributed by atoms with Gasteiger partial charge in [-0.25, -0.2) is 0 Å². The van der Waals surface area contributed by atoms with Gasteiger partial charge in [-0.1, -0.05) is 18.2 Å². The standard InChI is InChI=1S/C16H19NO2/c1-2-8-16(18)9-11-19-12-15(16)17-10-7-13-5-3-4-6-14(13)17/h1,3-6,15,18H,7-12H2/t15-,16+/m1/s1. The molecule has 0 unspecified atom stereocenters. The van der Waals surface area contributed by atoms with Crippen LogP contribution in [-0.2, 0) is 11.2 Å². The fourth-order valence-electron chi connectivity index (χ4n) is 3.22. The van der Waals surface area contributed by atoms with E-state index in [0.29, 0.717) is 26.1 Å². The number of terminal acetylenes is 1. The quantitative estimate of drug-likeness (QED) is 0.817. The van der Waals surface area contributed by atoms with Gasteiger partial charge in [-0.15, -0.1) is 12.3 Å². The Morgan fingerprint density at radius 3 is 3.16 bits per heavy atom. The number of fused-ring (bicyclic) bond motifs is 1. The number of nitrogens with zero attached hydrogens (tertiary/aromatic N) is 1. The van der Waals surface area contributed by atoms with Crippen molar-refractivity contribution in [3.63, 3.8) is 0 Å². The molecule has 3 heteroatoms. The van der Waals surface area contributed by atoms with E-state index in [1.807, 2.05) is 6.07 Å². The first-order valence-electron chi connectivity index (χ1n) is 6.83. The van der Waals surface area contributed by atoms with Crippen LogP contribution < -0.4 is 4.90 Å². The molecule has 1 saturated heterocycles. The summed E-state index contributed by atoms with van der Waals surface area (Å²) in [7, 11) is 0. The molecule has 2 heterocycles. The van der Waals surface area contributed by atoms with Crippen molar-refractivity contribution in [2.75, 3.05) is 24.7 Å². The highest BCUT2D eigenvalue weighted by Crippen LogP contribution is 2.36. The highest BCUT2D eigenvalue weighted by atomic mass is 16.5. The molecule has 0 aliphatic carbocycles. The van der Waals surface area contributed by atoms with Gasteiger partial charge < -0.3 is 14.7 Å². The third kappa shape index (κ3) is 2.11. The van der Waals surface area contributed by atoms with E-state index in [1.54, 1.807) is 0 Å². The van der Waals surface area contributed by atoms with Crippen LogP contribution in [0.3, 0.4) is 0 Å². The number of ether oxygens (including phenoxy) is 1. The van der Waals surface area contributed by atoms with Gasteiger partial charge in [0.05, 0.1) is 12.6 Å². The summed E-state index contributed by atoms with van der Waals surface area (Å²) in [5.41, 5.74) is 1.73. The molecule has 100 valence electrons. The lowest BCUT2D eigenvalue weighted by molar-refractivity contribution is -0.0782. The van der Waals surface area contributed by atoms with Crippen molar-refractivity contribution < 1.29 is 9.84 Å². The molecule has 0 bridgehead atoms. The van der Waals surface area contributed by atoms with E-state index in [9.17, 15) is 5.11 Å². The van der Waals surface area contributed by atoms with Crippen LogP contribution in [0.4, 0.5) is 5.69 Å². The van der Waals surface area contributed by atoms with Crippen LogP contribution >= 0.6 is 0 Å². The van der Waals surface area contributed by atoms with E-state index < -0.39 is 5.60 Å². The summed E-state index contributed by atoms with van der Waals surface area (Å²) < 4.78 is 5.58. The summed E-state index contributed by atoms with van der Waals surface area (Å²) in [6.45, 7) is 2.07. The molecule has 0 saturated carbocycles. The van der Waals surface area contributed by atoms with Crippen LogP contribution in [-0.4, -0.2) is 36.5 Å². The molecule has 0 radical (unpaired) electrons. The van der Waals surface area contributed by atoms with Gasteiger partial charge in [0.1, 0.15) is 5.60 Å². The fourth-order valence-corrected chi connectivity index (χ4v) is 3.22. The van der Waals surface area contributed by atoms with E-state index in [-0.39, 0.29) is 6.04 Å². The molecule has 1 N–H and O–H groups in total. The van der Waals surface area contributed by atoms with Crippen molar-refractivity contribution >= 4 is 5.69 Å². The monoisotopic (exact) mass is 257 g/mol. The second-order valence-corrected chi connectivity index (χ2v) is 5.40. The predicted octanol–water partition coefficient (Wildman–Crippen LogP) is 1.59. The van der Waals surface area contributed by atoms with Crippen molar-refractivity contribution in [3.8, 4) is 12.3 Å². The third-order valence-corrected chi connectivity index (χ3v) is 4.28. The van der Waals surface area contributed by atoms with E-state index in [4.69, 9.17) is 11.2 Å². The molecule has 2 aliphatic rings. The zero-order valence-electron chi connectivity index (χ0n) is 11.0. The van der Waals surface area contributed by atoms with Crippen LogP contribution in [0.25, 0.3) is 0 Å². The van der Waals surface area contributed by atoms with Crippen LogP contribution in [0.1, 0.15) is 18.4 Å². The lowest BCUT2D eigenvalue weighted by atomic mass is 9.85. The zero-order valence-corrected chi connectivity index (χ0v) is 11.0. The number of aliphatic hydroxyl groups is 1. The average molecular weight is 257 g/mol. The maximum atomic E-state index is 10.9. The maximum absolute atomic E-state index is 10.9. The van der Waals surface area contributed by atoms with E-state index in [0.717, 1.165) is 13.0 Å². The number of benzene rings is 1. The molecule has 2 atom stereocenters. The highest BCUT2D eigenvalue weighted by Gasteiger charge is 2.44. The summed E-state index contributed by atoms with van der Waals surface area (Å²) >= 11 is 0. The summed E-state index contributed by atoms with van der Waals surface area (Å²) in [6.07, 6.45) is 7.46. The fraction of sp³-hybridized carbons (Fsp3) is 0.500. The minimum atomic E-state index is -0.829. The second kappa shape index (κ2) is 4.88. The normalized spacial score (nSPS) is 29.9. The summed E-state index contributed by atoms with van der Waals surface area (Å²) in [4.78, 5) is 2.27. The summed E-state index contributed by atoms with van der Waals surface area (Å²) in [5.74, 6) is 2.62. The Balaban J connectivity index is 1.91. The largest absolute Gasteiger partial charge is 0.387 e. The first-order chi connectivity index (χ1) is 9.24. The van der Waals surface area contributed by atoms with Gasteiger partial charge in [0.2, 0.25) is 0 Å². The molecule has 3 rings (SSSR count). The van der Waals surface area contributed by atoms with E-state index in [2.05, 4.69) is 29.0 Å². The van der Waals surface area contributed by atoms with Crippen LogP contribution in [0.2, 0.25) is 0 Å². The minimum Gasteiger partial charge on any atom is -0.387 e. The lowest BCUT2D eigenvalue weighted by Gasteiger charge is -2.44. The molecule has 1 fully saturated rings. The smallest absolute Gasteiger partial charge is 0.100 e. The van der Waals surface area contributed by atoms with Crippen molar-refractivity contribution in [1.29, 1.82) is 0 Å². The molecule has 19 heavy (non-hydrogen) atoms. The van der Waals surface area contributed by atoms with Gasteiger partial charge >= 0.3 is 0 Å². The average Bonchev–Trinajstić information content (AvgIpc) is 2.83. The van der Waals surface area contributed by atoms with Gasteiger partial charge in [-0.3, -0.25) is 0 Å². The van der Waals surface area contributed by atoms with E-state index >= 15 is 0 Å². The lowest BCUT2D eigenvalue weighted by Crippen LogP contribution is -2.58. The summed E-state index contributed by atoms with van der Waals surface area (Å²) in [6, 6.07) is 8.34. The molecule has 0 spiro atoms. The number of hydrogen-bond donors (Lipinski definition) is 1. The van der Waals surface area contributed by atoms with Gasteiger partial charge in [0.15, 0.2) is 0 Å². The molecule has 0 amide bonds. The van der Waals surface area contributed by atoms with Crippen molar-refractivity contribution in [3.05, 3.63) is 29.8 Å². The molecule has 3 nitrogen and oxygen atoms in total. The number of anilines is 1. The van der Waals surface area contributed by atoms with Gasteiger partial charge in [-0.2, -0.15) is 0 Å². The predicted molar refractivity (Wildman–Crippen MR) is 75.1 cm³/mol. The minimum absolute atomic E-state index is 0.0408. The molecule has 1 aromatic rings. The van der Waals surface area contributed by atoms with Gasteiger partial charge in [-0.05, 0) is 18.1 Å². The first-order valence-corrected chi connectivity index (χ1v) is 6.83. The van der Waals surface area contributed by atoms with Gasteiger partial charge in [0.25, 0.3) is 0 Å².